The first-order valence-corrected chi connectivity index (χ1v) is 6.64. The maximum atomic E-state index is 13.4. The van der Waals surface area contributed by atoms with Crippen molar-refractivity contribution in [2.75, 3.05) is 0 Å². The van der Waals surface area contributed by atoms with Crippen LogP contribution in [0.1, 0.15) is 5.56 Å². The van der Waals surface area contributed by atoms with Crippen LogP contribution in [0, 0.1) is 23.0 Å². The predicted molar refractivity (Wildman–Crippen MR) is 76.2 cm³/mol. The molecule has 0 aromatic heterocycles. The third-order valence-electron chi connectivity index (χ3n) is 2.80. The summed E-state index contributed by atoms with van der Waals surface area (Å²) >= 11 is 0. The number of alkyl halides is 3. The van der Waals surface area contributed by atoms with Crippen molar-refractivity contribution in [3.8, 4) is 6.07 Å². The van der Waals surface area contributed by atoms with Crippen LogP contribution in [0.25, 0.3) is 0 Å². The number of hydrogen-bond donors (Lipinski definition) is 0. The van der Waals surface area contributed by atoms with E-state index in [1.165, 1.54) is 0 Å². The molecule has 0 aliphatic carbocycles. The molecule has 0 bridgehead atoms. The monoisotopic (exact) mass is 353 g/mol. The first-order valence-electron chi connectivity index (χ1n) is 6.64. The van der Waals surface area contributed by atoms with Crippen molar-refractivity contribution in [2.45, 2.75) is 12.3 Å². The molecule has 25 heavy (non-hydrogen) atoms. The van der Waals surface area contributed by atoms with E-state index in [-0.39, 0.29) is 5.69 Å². The van der Waals surface area contributed by atoms with Gasteiger partial charge in [-0.3, -0.25) is 0 Å². The quantitative estimate of drug-likeness (QED) is 0.513. The van der Waals surface area contributed by atoms with Crippen LogP contribution in [0.3, 0.4) is 0 Å². The van der Waals surface area contributed by atoms with E-state index in [9.17, 15) is 22.0 Å². The first-order chi connectivity index (χ1) is 11.8. The Morgan fingerprint density at radius 1 is 0.880 bits per heavy atom. The molecular weight excluding hydrogens is 345 g/mol. The van der Waals surface area contributed by atoms with Crippen molar-refractivity contribution in [1.29, 1.82) is 5.26 Å². The molecule has 0 spiro atoms. The van der Waals surface area contributed by atoms with E-state index in [0.29, 0.717) is 0 Å². The van der Waals surface area contributed by atoms with Gasteiger partial charge < -0.3 is 0 Å². The Morgan fingerprint density at radius 2 is 1.44 bits per heavy atom. The highest BCUT2D eigenvalue weighted by Crippen LogP contribution is 2.30. The van der Waals surface area contributed by atoms with Gasteiger partial charge in [-0.2, -0.15) is 23.5 Å². The topological polar surface area (TPSA) is 73.2 Å². The summed E-state index contributed by atoms with van der Waals surface area (Å²) in [6, 6.07) is 8.32. The van der Waals surface area contributed by atoms with Crippen LogP contribution in [0.15, 0.2) is 62.9 Å². The van der Waals surface area contributed by atoms with E-state index in [2.05, 4.69) is 20.5 Å². The summed E-state index contributed by atoms with van der Waals surface area (Å²) in [5, 5.41) is 22.5. The van der Waals surface area contributed by atoms with E-state index in [4.69, 9.17) is 5.26 Å². The summed E-state index contributed by atoms with van der Waals surface area (Å²) in [7, 11) is 0. The van der Waals surface area contributed by atoms with Gasteiger partial charge in [-0.1, -0.05) is 6.07 Å². The summed E-state index contributed by atoms with van der Waals surface area (Å²) in [6.07, 6.45) is -6.00. The number of hydrogen-bond acceptors (Lipinski definition) is 5. The number of benzene rings is 2. The minimum Gasteiger partial charge on any atom is -0.204 e. The van der Waals surface area contributed by atoms with Crippen molar-refractivity contribution in [3.05, 3.63) is 59.7 Å². The number of rotatable bonds is 4. The van der Waals surface area contributed by atoms with Gasteiger partial charge in [0.1, 0.15) is 6.07 Å². The zero-order valence-corrected chi connectivity index (χ0v) is 12.2. The Morgan fingerprint density at radius 3 is 1.96 bits per heavy atom. The van der Waals surface area contributed by atoms with Gasteiger partial charge >= 0.3 is 6.18 Å². The van der Waals surface area contributed by atoms with Crippen LogP contribution in [-0.2, 0) is 6.18 Å². The van der Waals surface area contributed by atoms with Crippen molar-refractivity contribution in [1.82, 2.24) is 0 Å². The molecule has 0 saturated carbocycles. The zero-order chi connectivity index (χ0) is 18.4. The Balaban J connectivity index is 2.13. The highest BCUT2D eigenvalue weighted by Gasteiger charge is 2.29. The molecule has 2 rings (SSSR count). The Bertz CT molecular complexity index is 817. The fourth-order valence-corrected chi connectivity index (χ4v) is 1.61. The highest BCUT2D eigenvalue weighted by molar-refractivity contribution is 5.40. The van der Waals surface area contributed by atoms with Crippen LogP contribution in [-0.4, -0.2) is 6.17 Å². The minimum atomic E-state index is -4.48. The molecule has 0 radical (unpaired) electrons. The molecule has 2 aromatic rings. The fraction of sp³-hybridized carbons (Fsp3) is 0.133. The molecule has 0 fully saturated rings. The van der Waals surface area contributed by atoms with Crippen molar-refractivity contribution in [2.24, 2.45) is 20.5 Å². The summed E-state index contributed by atoms with van der Waals surface area (Å²) in [5.41, 5.74) is -1.51. The van der Waals surface area contributed by atoms with E-state index in [1.54, 1.807) is 6.07 Å². The van der Waals surface area contributed by atoms with Crippen LogP contribution in [0.5, 0.6) is 0 Å². The van der Waals surface area contributed by atoms with Crippen molar-refractivity contribution in [3.63, 3.8) is 0 Å². The lowest BCUT2D eigenvalue weighted by Crippen LogP contribution is -2.03. The molecule has 0 amide bonds. The molecule has 5 nitrogen and oxygen atoms in total. The van der Waals surface area contributed by atoms with Gasteiger partial charge in [0.15, 0.2) is 17.3 Å². The second kappa shape index (κ2) is 7.57. The molecule has 2 aromatic carbocycles. The van der Waals surface area contributed by atoms with Crippen LogP contribution >= 0.6 is 0 Å². The Labute approximate surface area is 138 Å². The summed E-state index contributed by atoms with van der Waals surface area (Å²) in [6.45, 7) is 0. The van der Waals surface area contributed by atoms with Crippen molar-refractivity contribution < 1.29 is 22.0 Å². The lowest BCUT2D eigenvalue weighted by atomic mass is 10.2. The van der Waals surface area contributed by atoms with Gasteiger partial charge in [0.2, 0.25) is 0 Å². The van der Waals surface area contributed by atoms with Crippen molar-refractivity contribution >= 4 is 11.4 Å². The van der Waals surface area contributed by atoms with Gasteiger partial charge in [-0.15, -0.1) is 15.3 Å². The maximum Gasteiger partial charge on any atom is 0.416 e. The second-order valence-corrected chi connectivity index (χ2v) is 4.55. The van der Waals surface area contributed by atoms with Crippen LogP contribution in [0.4, 0.5) is 33.3 Å². The summed E-state index contributed by atoms with van der Waals surface area (Å²) in [4.78, 5) is 0. The van der Waals surface area contributed by atoms with Gasteiger partial charge in [0, 0.05) is 0 Å². The molecule has 0 aliphatic heterocycles. The SMILES string of the molecule is N#CC(N=Nc1ccc(C(F)(F)F)cc1)N=Nc1c(F)cccc1F. The maximum absolute atomic E-state index is 13.4. The van der Waals surface area contributed by atoms with E-state index < -0.39 is 35.2 Å². The Hall–Kier alpha value is -3.22. The molecule has 1 atom stereocenters. The number of halogens is 5. The smallest absolute Gasteiger partial charge is 0.204 e. The summed E-state index contributed by atoms with van der Waals surface area (Å²) < 4.78 is 64.0. The molecule has 0 aliphatic rings. The number of nitrogens with zero attached hydrogens (tertiary/aromatic N) is 5. The summed E-state index contributed by atoms with van der Waals surface area (Å²) in [5.74, 6) is -1.94. The molecule has 128 valence electrons. The van der Waals surface area contributed by atoms with Gasteiger partial charge in [0.25, 0.3) is 6.17 Å². The largest absolute Gasteiger partial charge is 0.416 e. The van der Waals surface area contributed by atoms with Gasteiger partial charge in [-0.05, 0) is 36.4 Å². The molecule has 0 heterocycles. The minimum absolute atomic E-state index is 0.0422. The second-order valence-electron chi connectivity index (χ2n) is 4.55. The average molecular weight is 353 g/mol. The van der Waals surface area contributed by atoms with E-state index >= 15 is 0 Å². The molecule has 0 saturated heterocycles. The highest BCUT2D eigenvalue weighted by atomic mass is 19.4. The normalized spacial score (nSPS) is 13.3. The first kappa shape index (κ1) is 18.1. The standard InChI is InChI=1S/C15H8F5N5/c16-11-2-1-3-12(17)14(11)25-24-13(8-21)23-22-10-6-4-9(5-7-10)15(18,19)20/h1-7,13H. The third-order valence-corrected chi connectivity index (χ3v) is 2.80. The van der Waals surface area contributed by atoms with E-state index in [0.717, 1.165) is 42.5 Å². The molecule has 0 N–H and O–H groups in total. The zero-order valence-electron chi connectivity index (χ0n) is 12.2. The van der Waals surface area contributed by atoms with Gasteiger partial charge in [-0.25, -0.2) is 8.78 Å². The molecular formula is C15H8F5N5. The fourth-order valence-electron chi connectivity index (χ4n) is 1.61. The lowest BCUT2D eigenvalue weighted by molar-refractivity contribution is -0.137. The third kappa shape index (κ3) is 4.87. The molecule has 10 heteroatoms. The van der Waals surface area contributed by atoms with Gasteiger partial charge in [0.05, 0.1) is 11.3 Å². The Kier molecular flexibility index (Phi) is 5.49. The lowest BCUT2D eigenvalue weighted by Gasteiger charge is -2.05. The average Bonchev–Trinajstić information content (AvgIpc) is 2.56. The van der Waals surface area contributed by atoms with E-state index in [1.807, 2.05) is 0 Å². The van der Waals surface area contributed by atoms with Crippen LogP contribution < -0.4 is 0 Å². The predicted octanol–water partition coefficient (Wildman–Crippen LogP) is 5.70. The number of azo groups is 2. The number of nitriles is 1. The molecule has 1 unspecified atom stereocenters. The van der Waals surface area contributed by atoms with Crippen LogP contribution in [0.2, 0.25) is 0 Å².